The predicted octanol–water partition coefficient (Wildman–Crippen LogP) is 3.14. The number of nitrogens with one attached hydrogen (secondary N) is 1. The number of hydrogen-bond donors (Lipinski definition) is 1. The Morgan fingerprint density at radius 1 is 1.24 bits per heavy atom. The van der Waals surface area contributed by atoms with Gasteiger partial charge in [-0.3, -0.25) is 0 Å². The van der Waals surface area contributed by atoms with Gasteiger partial charge in [-0.05, 0) is 63.0 Å². The summed E-state index contributed by atoms with van der Waals surface area (Å²) in [7, 11) is 1.92. The van der Waals surface area contributed by atoms with Crippen molar-refractivity contribution in [1.82, 2.24) is 5.32 Å². The minimum Gasteiger partial charge on any atom is -0.435 e. The maximum atomic E-state index is 12.1. The monoisotopic (exact) mass is 243 g/mol. The van der Waals surface area contributed by atoms with Crippen molar-refractivity contribution >= 4 is 0 Å². The Labute approximate surface area is 101 Å². The van der Waals surface area contributed by atoms with Gasteiger partial charge >= 0.3 is 6.61 Å². The van der Waals surface area contributed by atoms with Crippen LogP contribution in [0, 0.1) is 6.92 Å². The lowest BCUT2D eigenvalue weighted by molar-refractivity contribution is -0.0499. The number of alkyl halides is 2. The standard InChI is InChI=1S/C13H19F2NO/c1-10-7-11(5-3-4-6-16-2)9-12(8-10)17-13(14)15/h7-9,13,16H,3-6H2,1-2H3. The summed E-state index contributed by atoms with van der Waals surface area (Å²) in [5.74, 6) is 0.253. The van der Waals surface area contributed by atoms with Gasteiger partial charge in [-0.25, -0.2) is 0 Å². The number of aryl methyl sites for hydroxylation is 2. The predicted molar refractivity (Wildman–Crippen MR) is 64.7 cm³/mol. The Morgan fingerprint density at radius 2 is 2.00 bits per heavy atom. The van der Waals surface area contributed by atoms with Crippen LogP contribution >= 0.6 is 0 Å². The maximum Gasteiger partial charge on any atom is 0.387 e. The first-order chi connectivity index (χ1) is 8.11. The molecule has 96 valence electrons. The molecule has 0 fully saturated rings. The Morgan fingerprint density at radius 3 is 2.65 bits per heavy atom. The van der Waals surface area contributed by atoms with Crippen LogP contribution in [0.25, 0.3) is 0 Å². The second-order valence-electron chi connectivity index (χ2n) is 4.09. The van der Waals surface area contributed by atoms with Gasteiger partial charge in [-0.15, -0.1) is 0 Å². The van der Waals surface area contributed by atoms with Crippen LogP contribution in [0.4, 0.5) is 8.78 Å². The number of hydrogen-bond acceptors (Lipinski definition) is 2. The van der Waals surface area contributed by atoms with E-state index in [1.54, 1.807) is 12.1 Å². The molecule has 1 aromatic rings. The van der Waals surface area contributed by atoms with E-state index >= 15 is 0 Å². The molecule has 2 nitrogen and oxygen atoms in total. The van der Waals surface area contributed by atoms with Gasteiger partial charge in [0.05, 0.1) is 0 Å². The van der Waals surface area contributed by atoms with Crippen molar-refractivity contribution in [2.45, 2.75) is 32.8 Å². The fraction of sp³-hybridized carbons (Fsp3) is 0.538. The van der Waals surface area contributed by atoms with Gasteiger partial charge in [0.1, 0.15) is 5.75 Å². The van der Waals surface area contributed by atoms with Crippen LogP contribution in [0.5, 0.6) is 5.75 Å². The molecule has 0 amide bonds. The van der Waals surface area contributed by atoms with Crippen molar-refractivity contribution < 1.29 is 13.5 Å². The highest BCUT2D eigenvalue weighted by Gasteiger charge is 2.06. The van der Waals surface area contributed by atoms with Crippen LogP contribution in [-0.2, 0) is 6.42 Å². The highest BCUT2D eigenvalue weighted by atomic mass is 19.3. The molecule has 17 heavy (non-hydrogen) atoms. The number of rotatable bonds is 7. The van der Waals surface area contributed by atoms with Gasteiger partial charge in [0.15, 0.2) is 0 Å². The fourth-order valence-corrected chi connectivity index (χ4v) is 1.77. The van der Waals surface area contributed by atoms with Crippen molar-refractivity contribution in [3.8, 4) is 5.75 Å². The Hall–Kier alpha value is -1.16. The van der Waals surface area contributed by atoms with Crippen molar-refractivity contribution in [2.24, 2.45) is 0 Å². The summed E-state index contributed by atoms with van der Waals surface area (Å²) in [6, 6.07) is 5.33. The Bertz CT molecular complexity index is 342. The van der Waals surface area contributed by atoms with E-state index in [0.29, 0.717) is 0 Å². The molecule has 0 heterocycles. The smallest absolute Gasteiger partial charge is 0.387 e. The number of benzene rings is 1. The molecule has 1 rings (SSSR count). The first kappa shape index (κ1) is 13.9. The molecule has 0 atom stereocenters. The summed E-state index contributed by atoms with van der Waals surface area (Å²) < 4.78 is 28.6. The minimum absolute atomic E-state index is 0.253. The van der Waals surface area contributed by atoms with Crippen LogP contribution in [0.15, 0.2) is 18.2 Å². The van der Waals surface area contributed by atoms with E-state index in [9.17, 15) is 8.78 Å². The Kier molecular flexibility index (Phi) is 5.91. The molecule has 0 saturated heterocycles. The van der Waals surface area contributed by atoms with E-state index in [1.807, 2.05) is 20.0 Å². The lowest BCUT2D eigenvalue weighted by Gasteiger charge is -2.08. The van der Waals surface area contributed by atoms with Gasteiger partial charge in [0.2, 0.25) is 0 Å². The zero-order valence-corrected chi connectivity index (χ0v) is 10.3. The first-order valence-electron chi connectivity index (χ1n) is 5.82. The van der Waals surface area contributed by atoms with Gasteiger partial charge in [0, 0.05) is 0 Å². The van der Waals surface area contributed by atoms with Gasteiger partial charge in [-0.2, -0.15) is 8.78 Å². The summed E-state index contributed by atoms with van der Waals surface area (Å²) >= 11 is 0. The molecular weight excluding hydrogens is 224 g/mol. The molecule has 0 aliphatic rings. The van der Waals surface area contributed by atoms with Crippen molar-refractivity contribution in [1.29, 1.82) is 0 Å². The SMILES string of the molecule is CNCCCCc1cc(C)cc(OC(F)F)c1. The Balaban J connectivity index is 2.56. The van der Waals surface area contributed by atoms with E-state index in [0.717, 1.165) is 36.9 Å². The highest BCUT2D eigenvalue weighted by Crippen LogP contribution is 2.20. The summed E-state index contributed by atoms with van der Waals surface area (Å²) in [5.41, 5.74) is 2.00. The molecule has 0 aromatic heterocycles. The van der Waals surface area contributed by atoms with E-state index < -0.39 is 6.61 Å². The third kappa shape index (κ3) is 5.63. The maximum absolute atomic E-state index is 12.1. The molecule has 0 bridgehead atoms. The fourth-order valence-electron chi connectivity index (χ4n) is 1.77. The molecule has 1 aromatic carbocycles. The van der Waals surface area contributed by atoms with Crippen LogP contribution in [0.2, 0.25) is 0 Å². The average Bonchev–Trinajstić information content (AvgIpc) is 2.22. The summed E-state index contributed by atoms with van der Waals surface area (Å²) in [6.07, 6.45) is 3.01. The number of ether oxygens (including phenoxy) is 1. The molecule has 4 heteroatoms. The lowest BCUT2D eigenvalue weighted by Crippen LogP contribution is -2.07. The number of unbranched alkanes of at least 4 members (excludes halogenated alkanes) is 1. The molecule has 0 radical (unpaired) electrons. The van der Waals surface area contributed by atoms with Gasteiger partial charge in [-0.1, -0.05) is 6.07 Å². The zero-order valence-electron chi connectivity index (χ0n) is 10.3. The second kappa shape index (κ2) is 7.22. The highest BCUT2D eigenvalue weighted by molar-refractivity contribution is 5.33. The zero-order chi connectivity index (χ0) is 12.7. The van der Waals surface area contributed by atoms with E-state index in [1.165, 1.54) is 0 Å². The number of halogens is 2. The van der Waals surface area contributed by atoms with Crippen LogP contribution < -0.4 is 10.1 Å². The lowest BCUT2D eigenvalue weighted by atomic mass is 10.1. The topological polar surface area (TPSA) is 21.3 Å². The minimum atomic E-state index is -2.76. The van der Waals surface area contributed by atoms with Crippen molar-refractivity contribution in [3.63, 3.8) is 0 Å². The molecule has 0 aliphatic heterocycles. The third-order valence-corrected chi connectivity index (χ3v) is 2.48. The third-order valence-electron chi connectivity index (χ3n) is 2.48. The quantitative estimate of drug-likeness (QED) is 0.743. The van der Waals surface area contributed by atoms with Crippen LogP contribution in [0.3, 0.4) is 0 Å². The van der Waals surface area contributed by atoms with Crippen LogP contribution in [-0.4, -0.2) is 20.2 Å². The van der Waals surface area contributed by atoms with E-state index in [2.05, 4.69) is 10.1 Å². The van der Waals surface area contributed by atoms with E-state index in [4.69, 9.17) is 0 Å². The van der Waals surface area contributed by atoms with Gasteiger partial charge < -0.3 is 10.1 Å². The average molecular weight is 243 g/mol. The molecule has 0 unspecified atom stereocenters. The molecule has 0 aliphatic carbocycles. The molecule has 0 spiro atoms. The van der Waals surface area contributed by atoms with Gasteiger partial charge in [0.25, 0.3) is 0 Å². The first-order valence-corrected chi connectivity index (χ1v) is 5.82. The molecular formula is C13H19F2NO. The molecule has 1 N–H and O–H groups in total. The summed E-state index contributed by atoms with van der Waals surface area (Å²) in [6.45, 7) is 0.107. The van der Waals surface area contributed by atoms with Crippen molar-refractivity contribution in [3.05, 3.63) is 29.3 Å². The van der Waals surface area contributed by atoms with Crippen molar-refractivity contribution in [2.75, 3.05) is 13.6 Å². The largest absolute Gasteiger partial charge is 0.435 e. The second-order valence-corrected chi connectivity index (χ2v) is 4.09. The normalized spacial score (nSPS) is 10.9. The van der Waals surface area contributed by atoms with Crippen LogP contribution in [0.1, 0.15) is 24.0 Å². The summed E-state index contributed by atoms with van der Waals surface area (Å²) in [5, 5.41) is 3.08. The molecule has 0 saturated carbocycles. The van der Waals surface area contributed by atoms with E-state index in [-0.39, 0.29) is 5.75 Å². The summed E-state index contributed by atoms with van der Waals surface area (Å²) in [4.78, 5) is 0.